The van der Waals surface area contributed by atoms with Crippen LogP contribution in [0.15, 0.2) is 18.2 Å². The van der Waals surface area contributed by atoms with Crippen LogP contribution in [0.4, 0.5) is 25.8 Å². The van der Waals surface area contributed by atoms with Gasteiger partial charge in [0.25, 0.3) is 5.91 Å². The lowest BCUT2D eigenvalue weighted by Crippen LogP contribution is -2.46. The van der Waals surface area contributed by atoms with E-state index in [0.29, 0.717) is 17.1 Å². The number of hydrogen-bond acceptors (Lipinski definition) is 9. The summed E-state index contributed by atoms with van der Waals surface area (Å²) in [6.07, 6.45) is -4.12. The van der Waals surface area contributed by atoms with Gasteiger partial charge >= 0.3 is 18.3 Å². The average molecular weight is 451 g/mol. The third-order valence-corrected chi connectivity index (χ3v) is 4.42. The SMILES string of the molecule is COC(=O)N(C[C@@H]1OC(=O)OC1CNC(=O)OC(C)(C)C)c1ccc2c(c1)NC(=O)CO2. The summed E-state index contributed by atoms with van der Waals surface area (Å²) in [5.41, 5.74) is 0.0539. The van der Waals surface area contributed by atoms with Crippen LogP contribution in [0.2, 0.25) is 0 Å². The molecule has 1 fully saturated rings. The smallest absolute Gasteiger partial charge is 0.482 e. The Morgan fingerprint density at radius 2 is 1.94 bits per heavy atom. The predicted molar refractivity (Wildman–Crippen MR) is 110 cm³/mol. The second-order valence-electron chi connectivity index (χ2n) is 8.04. The van der Waals surface area contributed by atoms with Gasteiger partial charge in [-0.05, 0) is 39.0 Å². The average Bonchev–Trinajstić information content (AvgIpc) is 3.07. The molecular formula is C20H25N3O9. The van der Waals surface area contributed by atoms with Crippen LogP contribution in [-0.2, 0) is 23.7 Å². The lowest BCUT2D eigenvalue weighted by molar-refractivity contribution is -0.118. The molecule has 0 spiro atoms. The van der Waals surface area contributed by atoms with Crippen LogP contribution in [0, 0.1) is 0 Å². The Morgan fingerprint density at radius 3 is 2.62 bits per heavy atom. The van der Waals surface area contributed by atoms with Crippen LogP contribution >= 0.6 is 0 Å². The van der Waals surface area contributed by atoms with Crippen molar-refractivity contribution in [1.29, 1.82) is 0 Å². The van der Waals surface area contributed by atoms with E-state index in [0.717, 1.165) is 0 Å². The van der Waals surface area contributed by atoms with Gasteiger partial charge in [-0.25, -0.2) is 14.4 Å². The molecule has 3 amide bonds. The molecule has 0 aliphatic carbocycles. The van der Waals surface area contributed by atoms with Crippen molar-refractivity contribution in [1.82, 2.24) is 5.32 Å². The second-order valence-corrected chi connectivity index (χ2v) is 8.04. The third kappa shape index (κ3) is 5.71. The monoisotopic (exact) mass is 451 g/mol. The quantitative estimate of drug-likeness (QED) is 0.508. The number of fused-ring (bicyclic) bond motifs is 1. The summed E-state index contributed by atoms with van der Waals surface area (Å²) in [6, 6.07) is 4.73. The van der Waals surface area contributed by atoms with E-state index in [1.807, 2.05) is 0 Å². The fraction of sp³-hybridized carbons (Fsp3) is 0.500. The van der Waals surface area contributed by atoms with E-state index >= 15 is 0 Å². The maximum absolute atomic E-state index is 12.5. The molecule has 0 radical (unpaired) electrons. The minimum absolute atomic E-state index is 0.0889. The Labute approximate surface area is 184 Å². The van der Waals surface area contributed by atoms with Crippen LogP contribution in [0.1, 0.15) is 20.8 Å². The Balaban J connectivity index is 1.73. The summed E-state index contributed by atoms with van der Waals surface area (Å²) >= 11 is 0. The van der Waals surface area contributed by atoms with E-state index < -0.39 is 36.2 Å². The molecule has 2 heterocycles. The number of hydrogen-bond donors (Lipinski definition) is 2. The number of anilines is 2. The Hall–Kier alpha value is -3.70. The van der Waals surface area contributed by atoms with E-state index in [1.54, 1.807) is 32.9 Å². The zero-order valence-corrected chi connectivity index (χ0v) is 18.1. The van der Waals surface area contributed by atoms with Gasteiger partial charge in [-0.15, -0.1) is 0 Å². The van der Waals surface area contributed by atoms with Crippen molar-refractivity contribution >= 4 is 35.6 Å². The number of nitrogens with one attached hydrogen (secondary N) is 2. The fourth-order valence-corrected chi connectivity index (χ4v) is 3.07. The highest BCUT2D eigenvalue weighted by Gasteiger charge is 2.40. The molecule has 12 nitrogen and oxygen atoms in total. The predicted octanol–water partition coefficient (Wildman–Crippen LogP) is 2.02. The molecule has 2 aliphatic heterocycles. The number of cyclic esters (lactones) is 2. The highest BCUT2D eigenvalue weighted by Crippen LogP contribution is 2.33. The first-order chi connectivity index (χ1) is 15.1. The number of ether oxygens (including phenoxy) is 5. The van der Waals surface area contributed by atoms with Gasteiger partial charge in [-0.2, -0.15) is 0 Å². The molecule has 2 atom stereocenters. The van der Waals surface area contributed by atoms with Crippen LogP contribution in [0.3, 0.4) is 0 Å². The van der Waals surface area contributed by atoms with Gasteiger partial charge in [0, 0.05) is 5.69 Å². The van der Waals surface area contributed by atoms with Crippen molar-refractivity contribution in [3.05, 3.63) is 18.2 Å². The Bertz CT molecular complexity index is 912. The highest BCUT2D eigenvalue weighted by molar-refractivity contribution is 5.97. The maximum Gasteiger partial charge on any atom is 0.509 e. The van der Waals surface area contributed by atoms with Crippen molar-refractivity contribution in [3.8, 4) is 5.75 Å². The van der Waals surface area contributed by atoms with Crippen LogP contribution < -0.4 is 20.3 Å². The summed E-state index contributed by atoms with van der Waals surface area (Å²) in [7, 11) is 1.21. The van der Waals surface area contributed by atoms with Crippen molar-refractivity contribution in [2.24, 2.45) is 0 Å². The summed E-state index contributed by atoms with van der Waals surface area (Å²) in [4.78, 5) is 48.9. The van der Waals surface area contributed by atoms with Crippen LogP contribution in [0.25, 0.3) is 0 Å². The molecule has 2 N–H and O–H groups in total. The zero-order chi connectivity index (χ0) is 23.5. The van der Waals surface area contributed by atoms with Crippen molar-refractivity contribution in [3.63, 3.8) is 0 Å². The van der Waals surface area contributed by atoms with Gasteiger partial charge in [0.05, 0.1) is 25.9 Å². The minimum Gasteiger partial charge on any atom is -0.482 e. The van der Waals surface area contributed by atoms with E-state index in [2.05, 4.69) is 10.6 Å². The standard InChI is InChI=1S/C20H25N3O9/c1-20(2,3)32-17(25)21-8-14-15(31-19(27)30-14)9-23(18(26)28-4)11-5-6-13-12(7-11)22-16(24)10-29-13/h5-7,14-15H,8-10H2,1-4H3,(H,21,25)(H,22,24)/t14?,15-/m0/s1. The molecule has 0 aromatic heterocycles. The molecule has 12 heteroatoms. The lowest BCUT2D eigenvalue weighted by Gasteiger charge is -2.27. The molecule has 1 saturated heterocycles. The number of methoxy groups -OCH3 is 1. The van der Waals surface area contributed by atoms with Crippen molar-refractivity contribution < 1.29 is 42.9 Å². The number of carbonyl (C=O) groups excluding carboxylic acids is 4. The zero-order valence-electron chi connectivity index (χ0n) is 18.1. The van der Waals surface area contributed by atoms with Gasteiger partial charge in [0.2, 0.25) is 0 Å². The summed E-state index contributed by atoms with van der Waals surface area (Å²) in [5.74, 6) is 0.124. The number of rotatable bonds is 5. The molecule has 0 bridgehead atoms. The molecule has 3 rings (SSSR count). The first-order valence-electron chi connectivity index (χ1n) is 9.82. The van der Waals surface area contributed by atoms with Gasteiger partial charge < -0.3 is 34.3 Å². The van der Waals surface area contributed by atoms with E-state index in [1.165, 1.54) is 18.1 Å². The number of amides is 3. The third-order valence-electron chi connectivity index (χ3n) is 4.42. The fourth-order valence-electron chi connectivity index (χ4n) is 3.07. The van der Waals surface area contributed by atoms with Crippen molar-refractivity contribution in [2.45, 2.75) is 38.6 Å². The molecule has 0 saturated carbocycles. The normalized spacial score (nSPS) is 19.5. The number of benzene rings is 1. The summed E-state index contributed by atoms with van der Waals surface area (Å²) in [5, 5.41) is 5.18. The van der Waals surface area contributed by atoms with Gasteiger partial charge in [0.1, 0.15) is 11.4 Å². The summed E-state index contributed by atoms with van der Waals surface area (Å²) in [6.45, 7) is 4.83. The molecule has 2 aliphatic rings. The highest BCUT2D eigenvalue weighted by atomic mass is 16.8. The minimum atomic E-state index is -0.929. The number of carbonyl (C=O) groups is 4. The van der Waals surface area contributed by atoms with Crippen LogP contribution in [-0.4, -0.2) is 68.9 Å². The Morgan fingerprint density at radius 1 is 1.22 bits per heavy atom. The van der Waals surface area contributed by atoms with Gasteiger partial charge in [-0.3, -0.25) is 9.69 Å². The van der Waals surface area contributed by atoms with Gasteiger partial charge in [-0.1, -0.05) is 0 Å². The Kier molecular flexibility index (Phi) is 6.61. The van der Waals surface area contributed by atoms with Gasteiger partial charge in [0.15, 0.2) is 18.8 Å². The molecular weight excluding hydrogens is 426 g/mol. The molecule has 174 valence electrons. The number of alkyl carbamates (subject to hydrolysis) is 1. The molecule has 1 aromatic carbocycles. The van der Waals surface area contributed by atoms with Crippen LogP contribution in [0.5, 0.6) is 5.75 Å². The second kappa shape index (κ2) is 9.20. The molecule has 32 heavy (non-hydrogen) atoms. The van der Waals surface area contributed by atoms with Crippen molar-refractivity contribution in [2.75, 3.05) is 37.0 Å². The first-order valence-corrected chi connectivity index (χ1v) is 9.82. The topological polar surface area (TPSA) is 142 Å². The first kappa shape index (κ1) is 23.0. The maximum atomic E-state index is 12.5. The van der Waals surface area contributed by atoms with E-state index in [-0.39, 0.29) is 25.6 Å². The number of nitrogens with zero attached hydrogens (tertiary/aromatic N) is 1. The molecule has 1 aromatic rings. The van der Waals surface area contributed by atoms with E-state index in [4.69, 9.17) is 23.7 Å². The summed E-state index contributed by atoms with van der Waals surface area (Å²) < 4.78 is 25.7. The lowest BCUT2D eigenvalue weighted by atomic mass is 10.1. The van der Waals surface area contributed by atoms with E-state index in [9.17, 15) is 19.2 Å². The largest absolute Gasteiger partial charge is 0.509 e. The molecule has 1 unspecified atom stereocenters.